The molecule has 0 amide bonds. The van der Waals surface area contributed by atoms with Crippen LogP contribution in [0, 0.1) is 0 Å². The lowest BCUT2D eigenvalue weighted by molar-refractivity contribution is 0.0933. The van der Waals surface area contributed by atoms with Gasteiger partial charge in [0.2, 0.25) is 0 Å². The average molecular weight is 330 g/mol. The van der Waals surface area contributed by atoms with Gasteiger partial charge in [-0.05, 0) is 50.3 Å². The molecule has 1 N–H and O–H groups in total. The summed E-state index contributed by atoms with van der Waals surface area (Å²) in [5.41, 5.74) is 0.937. The fourth-order valence-corrected chi connectivity index (χ4v) is 3.37. The van der Waals surface area contributed by atoms with Gasteiger partial charge in [-0.1, -0.05) is 46.1 Å². The molecule has 1 aromatic rings. The summed E-state index contributed by atoms with van der Waals surface area (Å²) in [6, 6.07) is 5.66. The third kappa shape index (κ3) is 2.98. The van der Waals surface area contributed by atoms with Gasteiger partial charge in [-0.3, -0.25) is 0 Å². The van der Waals surface area contributed by atoms with Crippen LogP contribution in [0.4, 0.5) is 0 Å². The van der Waals surface area contributed by atoms with Crippen molar-refractivity contribution >= 4 is 27.5 Å². The number of rotatable bonds is 2. The molecule has 0 bridgehead atoms. The molecule has 0 fully saturated rings. The first kappa shape index (κ1) is 14.1. The van der Waals surface area contributed by atoms with Crippen LogP contribution < -0.4 is 0 Å². The molecular weight excluding hydrogens is 312 g/mol. The van der Waals surface area contributed by atoms with Crippen LogP contribution in [0.1, 0.15) is 44.6 Å². The number of hydrogen-bond acceptors (Lipinski definition) is 1. The first-order chi connectivity index (χ1) is 8.51. The van der Waals surface area contributed by atoms with Crippen molar-refractivity contribution in [1.29, 1.82) is 0 Å². The van der Waals surface area contributed by atoms with E-state index in [1.165, 1.54) is 12.8 Å². The fourth-order valence-electron chi connectivity index (χ4n) is 2.51. The van der Waals surface area contributed by atoms with Crippen LogP contribution in [0.15, 0.2) is 34.3 Å². The van der Waals surface area contributed by atoms with Crippen LogP contribution in [-0.2, 0) is 5.60 Å². The molecule has 0 saturated heterocycles. The lowest BCUT2D eigenvalue weighted by Gasteiger charge is -2.28. The predicted octanol–water partition coefficient (Wildman–Crippen LogP) is 5.20. The SMILES string of the molecule is CC(O)(C1=CCCCCC1)c1ccc(Br)cc1Cl. The maximum atomic E-state index is 10.8. The highest BCUT2D eigenvalue weighted by molar-refractivity contribution is 9.10. The van der Waals surface area contributed by atoms with Crippen LogP contribution in [0.2, 0.25) is 5.02 Å². The van der Waals surface area contributed by atoms with Gasteiger partial charge in [0.25, 0.3) is 0 Å². The number of benzene rings is 1. The molecule has 1 aliphatic rings. The van der Waals surface area contributed by atoms with Gasteiger partial charge in [-0.25, -0.2) is 0 Å². The number of halogens is 2. The quantitative estimate of drug-likeness (QED) is 0.739. The lowest BCUT2D eigenvalue weighted by Crippen LogP contribution is -2.24. The second kappa shape index (κ2) is 5.77. The van der Waals surface area contributed by atoms with E-state index in [0.29, 0.717) is 5.02 Å². The standard InChI is InChI=1S/C15H18BrClO/c1-15(18,11-6-4-2-3-5-7-11)13-9-8-12(16)10-14(13)17/h6,8-10,18H,2-5,7H2,1H3. The van der Waals surface area contributed by atoms with Crippen molar-refractivity contribution in [3.05, 3.63) is 44.9 Å². The molecule has 0 saturated carbocycles. The molecule has 1 aliphatic carbocycles. The molecule has 1 unspecified atom stereocenters. The molecule has 0 heterocycles. The summed E-state index contributed by atoms with van der Waals surface area (Å²) in [6.07, 6.45) is 7.80. The summed E-state index contributed by atoms with van der Waals surface area (Å²) >= 11 is 9.65. The molecule has 2 rings (SSSR count). The zero-order chi connectivity index (χ0) is 13.2. The van der Waals surface area contributed by atoms with Crippen LogP contribution >= 0.6 is 27.5 Å². The lowest BCUT2D eigenvalue weighted by atomic mass is 9.85. The highest BCUT2D eigenvalue weighted by Crippen LogP contribution is 2.38. The van der Waals surface area contributed by atoms with Crippen LogP contribution in [0.3, 0.4) is 0 Å². The molecule has 18 heavy (non-hydrogen) atoms. The number of hydrogen-bond donors (Lipinski definition) is 1. The number of aliphatic hydroxyl groups is 1. The summed E-state index contributed by atoms with van der Waals surface area (Å²) in [4.78, 5) is 0. The summed E-state index contributed by atoms with van der Waals surface area (Å²) in [6.45, 7) is 1.85. The van der Waals surface area contributed by atoms with E-state index in [9.17, 15) is 5.11 Å². The summed E-state index contributed by atoms with van der Waals surface area (Å²) in [5.74, 6) is 0. The van der Waals surface area contributed by atoms with E-state index in [-0.39, 0.29) is 0 Å². The second-order valence-corrected chi connectivity index (χ2v) is 6.35. The Bertz CT molecular complexity index is 466. The van der Waals surface area contributed by atoms with Crippen molar-refractivity contribution in [3.8, 4) is 0 Å². The Balaban J connectivity index is 2.37. The molecule has 0 aromatic heterocycles. The van der Waals surface area contributed by atoms with E-state index in [1.54, 1.807) is 0 Å². The van der Waals surface area contributed by atoms with Crippen molar-refractivity contribution in [1.82, 2.24) is 0 Å². The maximum Gasteiger partial charge on any atom is 0.109 e. The zero-order valence-electron chi connectivity index (χ0n) is 10.5. The van der Waals surface area contributed by atoms with Crippen molar-refractivity contribution in [2.45, 2.75) is 44.6 Å². The Morgan fingerprint density at radius 3 is 2.78 bits per heavy atom. The summed E-state index contributed by atoms with van der Waals surface area (Å²) in [5, 5.41) is 11.4. The molecule has 0 radical (unpaired) electrons. The molecule has 3 heteroatoms. The van der Waals surface area contributed by atoms with Gasteiger partial charge >= 0.3 is 0 Å². The minimum atomic E-state index is -0.956. The Morgan fingerprint density at radius 2 is 2.06 bits per heavy atom. The normalized spacial score (nSPS) is 19.9. The predicted molar refractivity (Wildman–Crippen MR) is 79.9 cm³/mol. The Hall–Kier alpha value is -0.310. The third-order valence-electron chi connectivity index (χ3n) is 3.62. The molecule has 1 aromatic carbocycles. The second-order valence-electron chi connectivity index (χ2n) is 5.03. The molecule has 98 valence electrons. The maximum absolute atomic E-state index is 10.8. The van der Waals surface area contributed by atoms with Gasteiger partial charge in [0.15, 0.2) is 0 Å². The summed E-state index contributed by atoms with van der Waals surface area (Å²) in [7, 11) is 0. The van der Waals surface area contributed by atoms with E-state index < -0.39 is 5.60 Å². The number of allylic oxidation sites excluding steroid dienone is 1. The Labute approximate surface area is 122 Å². The van der Waals surface area contributed by atoms with Gasteiger partial charge in [0.1, 0.15) is 5.60 Å². The van der Waals surface area contributed by atoms with Crippen molar-refractivity contribution in [2.24, 2.45) is 0 Å². The first-order valence-electron chi connectivity index (χ1n) is 6.39. The highest BCUT2D eigenvalue weighted by atomic mass is 79.9. The molecule has 1 nitrogen and oxygen atoms in total. The third-order valence-corrected chi connectivity index (χ3v) is 4.43. The van der Waals surface area contributed by atoms with Crippen LogP contribution in [0.25, 0.3) is 0 Å². The van der Waals surface area contributed by atoms with Gasteiger partial charge in [-0.15, -0.1) is 0 Å². The van der Waals surface area contributed by atoms with Crippen molar-refractivity contribution < 1.29 is 5.11 Å². The largest absolute Gasteiger partial charge is 0.381 e. The molecular formula is C15H18BrClO. The zero-order valence-corrected chi connectivity index (χ0v) is 12.9. The van der Waals surface area contributed by atoms with E-state index in [2.05, 4.69) is 22.0 Å². The van der Waals surface area contributed by atoms with Crippen LogP contribution in [0.5, 0.6) is 0 Å². The monoisotopic (exact) mass is 328 g/mol. The van der Waals surface area contributed by atoms with Gasteiger partial charge in [0, 0.05) is 15.1 Å². The average Bonchev–Trinajstić information content (AvgIpc) is 2.57. The molecule has 0 aliphatic heterocycles. The van der Waals surface area contributed by atoms with Crippen molar-refractivity contribution in [2.75, 3.05) is 0 Å². The highest BCUT2D eigenvalue weighted by Gasteiger charge is 2.30. The summed E-state index contributed by atoms with van der Waals surface area (Å²) < 4.78 is 0.932. The van der Waals surface area contributed by atoms with Crippen LogP contribution in [-0.4, -0.2) is 5.11 Å². The molecule has 0 spiro atoms. The van der Waals surface area contributed by atoms with Gasteiger partial charge in [-0.2, -0.15) is 0 Å². The fraction of sp³-hybridized carbons (Fsp3) is 0.467. The topological polar surface area (TPSA) is 20.2 Å². The minimum absolute atomic E-state index is 0.611. The van der Waals surface area contributed by atoms with Gasteiger partial charge in [0.05, 0.1) is 0 Å². The van der Waals surface area contributed by atoms with E-state index in [1.807, 2.05) is 25.1 Å². The minimum Gasteiger partial charge on any atom is -0.381 e. The molecule has 1 atom stereocenters. The Morgan fingerprint density at radius 1 is 1.28 bits per heavy atom. The first-order valence-corrected chi connectivity index (χ1v) is 7.56. The smallest absolute Gasteiger partial charge is 0.109 e. The van der Waals surface area contributed by atoms with E-state index in [4.69, 9.17) is 11.6 Å². The van der Waals surface area contributed by atoms with Gasteiger partial charge < -0.3 is 5.11 Å². The van der Waals surface area contributed by atoms with Crippen molar-refractivity contribution in [3.63, 3.8) is 0 Å². The Kier molecular flexibility index (Phi) is 4.52. The van der Waals surface area contributed by atoms with E-state index >= 15 is 0 Å². The van der Waals surface area contributed by atoms with E-state index in [0.717, 1.165) is 34.9 Å².